The van der Waals surface area contributed by atoms with E-state index in [9.17, 15) is 0 Å². The molecule has 0 radical (unpaired) electrons. The molecule has 0 amide bonds. The van der Waals surface area contributed by atoms with Gasteiger partial charge in [-0.3, -0.25) is 0 Å². The monoisotopic (exact) mass is 224 g/mol. The largest absolute Gasteiger partial charge is 0.481 e. The number of ether oxygens (including phenoxy) is 2. The summed E-state index contributed by atoms with van der Waals surface area (Å²) in [6, 6.07) is 4.34. The topological polar surface area (TPSA) is 43.4 Å². The Morgan fingerprint density at radius 1 is 1.44 bits per heavy atom. The molecule has 1 aromatic heterocycles. The van der Waals surface area contributed by atoms with Crippen molar-refractivity contribution >= 4 is 0 Å². The van der Waals surface area contributed by atoms with Crippen molar-refractivity contribution in [2.24, 2.45) is 0 Å². The van der Waals surface area contributed by atoms with Crippen LogP contribution in [-0.2, 0) is 11.3 Å². The molecule has 0 aliphatic heterocycles. The molecule has 1 N–H and O–H groups in total. The Kier molecular flexibility index (Phi) is 5.82. The number of nitrogens with one attached hydrogen (secondary N) is 1. The summed E-state index contributed by atoms with van der Waals surface area (Å²) in [5, 5.41) is 3.29. The predicted molar refractivity (Wildman–Crippen MR) is 63.6 cm³/mol. The summed E-state index contributed by atoms with van der Waals surface area (Å²) < 4.78 is 10.7. The summed E-state index contributed by atoms with van der Waals surface area (Å²) in [6.45, 7) is 6.32. The van der Waals surface area contributed by atoms with Gasteiger partial charge in [-0.1, -0.05) is 13.8 Å². The average Bonchev–Trinajstić information content (AvgIpc) is 2.29. The molecular weight excluding hydrogens is 204 g/mol. The van der Waals surface area contributed by atoms with Gasteiger partial charge >= 0.3 is 0 Å². The standard InChI is InChI=1S/C12H20N2O2/c1-10(2)13-7-8-16-9-11-5-4-6-14-12(11)15-3/h4-6,10,13H,7-9H2,1-3H3. The van der Waals surface area contributed by atoms with Crippen molar-refractivity contribution in [3.05, 3.63) is 23.9 Å². The van der Waals surface area contributed by atoms with Crippen molar-refractivity contribution < 1.29 is 9.47 Å². The average molecular weight is 224 g/mol. The molecule has 4 heteroatoms. The Morgan fingerprint density at radius 2 is 2.25 bits per heavy atom. The summed E-state index contributed by atoms with van der Waals surface area (Å²) in [5.74, 6) is 0.638. The maximum Gasteiger partial charge on any atom is 0.218 e. The highest BCUT2D eigenvalue weighted by molar-refractivity contribution is 5.24. The molecule has 90 valence electrons. The number of methoxy groups -OCH3 is 1. The van der Waals surface area contributed by atoms with Crippen molar-refractivity contribution in [3.63, 3.8) is 0 Å². The molecule has 0 spiro atoms. The van der Waals surface area contributed by atoms with Crippen LogP contribution in [-0.4, -0.2) is 31.3 Å². The van der Waals surface area contributed by atoms with Gasteiger partial charge in [-0.25, -0.2) is 4.98 Å². The van der Waals surface area contributed by atoms with Crippen LogP contribution < -0.4 is 10.1 Å². The first-order valence-corrected chi connectivity index (χ1v) is 5.53. The van der Waals surface area contributed by atoms with Gasteiger partial charge in [0, 0.05) is 24.3 Å². The highest BCUT2D eigenvalue weighted by Crippen LogP contribution is 2.14. The molecule has 0 fully saturated rings. The van der Waals surface area contributed by atoms with Gasteiger partial charge < -0.3 is 14.8 Å². The van der Waals surface area contributed by atoms with Crippen molar-refractivity contribution in [2.45, 2.75) is 26.5 Å². The van der Waals surface area contributed by atoms with Gasteiger partial charge in [-0.2, -0.15) is 0 Å². The number of rotatable bonds is 7. The molecular formula is C12H20N2O2. The molecule has 0 aliphatic carbocycles. The lowest BCUT2D eigenvalue weighted by molar-refractivity contribution is 0.119. The second-order valence-corrected chi connectivity index (χ2v) is 3.83. The van der Waals surface area contributed by atoms with E-state index in [0.29, 0.717) is 25.1 Å². The van der Waals surface area contributed by atoms with E-state index < -0.39 is 0 Å². The summed E-state index contributed by atoms with van der Waals surface area (Å²) in [7, 11) is 1.62. The summed E-state index contributed by atoms with van der Waals surface area (Å²) >= 11 is 0. The maximum atomic E-state index is 5.53. The quantitative estimate of drug-likeness (QED) is 0.714. The van der Waals surface area contributed by atoms with Crippen LogP contribution in [0, 0.1) is 0 Å². The first kappa shape index (κ1) is 12.9. The minimum absolute atomic E-state index is 0.497. The van der Waals surface area contributed by atoms with Gasteiger partial charge in [0.05, 0.1) is 20.3 Å². The molecule has 0 saturated carbocycles. The lowest BCUT2D eigenvalue weighted by Gasteiger charge is -2.10. The van der Waals surface area contributed by atoms with Crippen molar-refractivity contribution in [2.75, 3.05) is 20.3 Å². The summed E-state index contributed by atoms with van der Waals surface area (Å²) in [6.07, 6.45) is 1.71. The molecule has 4 nitrogen and oxygen atoms in total. The number of hydrogen-bond acceptors (Lipinski definition) is 4. The fourth-order valence-corrected chi connectivity index (χ4v) is 1.32. The number of nitrogens with zero attached hydrogens (tertiary/aromatic N) is 1. The van der Waals surface area contributed by atoms with E-state index in [-0.39, 0.29) is 0 Å². The normalized spacial score (nSPS) is 10.8. The minimum Gasteiger partial charge on any atom is -0.481 e. The third-order valence-corrected chi connectivity index (χ3v) is 2.10. The molecule has 16 heavy (non-hydrogen) atoms. The molecule has 1 rings (SSSR count). The van der Waals surface area contributed by atoms with Crippen LogP contribution in [0.4, 0.5) is 0 Å². The Bertz CT molecular complexity index is 303. The Morgan fingerprint density at radius 3 is 2.94 bits per heavy atom. The number of pyridine rings is 1. The Hall–Kier alpha value is -1.13. The Balaban J connectivity index is 2.26. The van der Waals surface area contributed by atoms with Crippen LogP contribution in [0.15, 0.2) is 18.3 Å². The zero-order chi connectivity index (χ0) is 11.8. The molecule has 0 atom stereocenters. The van der Waals surface area contributed by atoms with Gasteiger partial charge in [-0.05, 0) is 12.1 Å². The molecule has 0 aliphatic rings. The third-order valence-electron chi connectivity index (χ3n) is 2.10. The lowest BCUT2D eigenvalue weighted by atomic mass is 10.3. The van der Waals surface area contributed by atoms with E-state index in [0.717, 1.165) is 12.1 Å². The maximum absolute atomic E-state index is 5.53. The SMILES string of the molecule is COc1ncccc1COCCNC(C)C. The van der Waals surface area contributed by atoms with E-state index in [4.69, 9.17) is 9.47 Å². The minimum atomic E-state index is 0.497. The van der Waals surface area contributed by atoms with Gasteiger partial charge in [0.25, 0.3) is 0 Å². The van der Waals surface area contributed by atoms with Crippen LogP contribution in [0.1, 0.15) is 19.4 Å². The van der Waals surface area contributed by atoms with Crippen molar-refractivity contribution in [1.29, 1.82) is 0 Å². The van der Waals surface area contributed by atoms with Gasteiger partial charge in [-0.15, -0.1) is 0 Å². The fourth-order valence-electron chi connectivity index (χ4n) is 1.32. The van der Waals surface area contributed by atoms with Gasteiger partial charge in [0.1, 0.15) is 0 Å². The zero-order valence-electron chi connectivity index (χ0n) is 10.2. The highest BCUT2D eigenvalue weighted by atomic mass is 16.5. The predicted octanol–water partition coefficient (Wildman–Crippen LogP) is 1.60. The first-order chi connectivity index (χ1) is 7.74. The van der Waals surface area contributed by atoms with Crippen molar-refractivity contribution in [1.82, 2.24) is 10.3 Å². The van der Waals surface area contributed by atoms with E-state index >= 15 is 0 Å². The summed E-state index contributed by atoms with van der Waals surface area (Å²) in [4.78, 5) is 4.11. The Labute approximate surface area is 97.0 Å². The molecule has 0 aromatic carbocycles. The summed E-state index contributed by atoms with van der Waals surface area (Å²) in [5.41, 5.74) is 0.981. The molecule has 0 bridgehead atoms. The first-order valence-electron chi connectivity index (χ1n) is 5.53. The molecule has 1 heterocycles. The van der Waals surface area contributed by atoms with Gasteiger partial charge in [0.2, 0.25) is 5.88 Å². The second kappa shape index (κ2) is 7.19. The smallest absolute Gasteiger partial charge is 0.218 e. The third kappa shape index (κ3) is 4.59. The van der Waals surface area contributed by atoms with Crippen molar-refractivity contribution in [3.8, 4) is 5.88 Å². The molecule has 0 unspecified atom stereocenters. The molecule has 1 aromatic rings. The van der Waals surface area contributed by atoms with Crippen LogP contribution >= 0.6 is 0 Å². The lowest BCUT2D eigenvalue weighted by Crippen LogP contribution is -2.26. The van der Waals surface area contributed by atoms with E-state index in [1.165, 1.54) is 0 Å². The van der Waals surface area contributed by atoms with Crippen LogP contribution in [0.25, 0.3) is 0 Å². The zero-order valence-corrected chi connectivity index (χ0v) is 10.2. The van der Waals surface area contributed by atoms with Crippen LogP contribution in [0.3, 0.4) is 0 Å². The van der Waals surface area contributed by atoms with Crippen LogP contribution in [0.5, 0.6) is 5.88 Å². The van der Waals surface area contributed by atoms with E-state index in [1.807, 2.05) is 12.1 Å². The van der Waals surface area contributed by atoms with E-state index in [2.05, 4.69) is 24.1 Å². The molecule has 0 saturated heterocycles. The fraction of sp³-hybridized carbons (Fsp3) is 0.583. The number of aromatic nitrogens is 1. The number of hydrogen-bond donors (Lipinski definition) is 1. The van der Waals surface area contributed by atoms with Crippen LogP contribution in [0.2, 0.25) is 0 Å². The second-order valence-electron chi connectivity index (χ2n) is 3.83. The highest BCUT2D eigenvalue weighted by Gasteiger charge is 2.02. The van der Waals surface area contributed by atoms with Gasteiger partial charge in [0.15, 0.2) is 0 Å². The van der Waals surface area contributed by atoms with E-state index in [1.54, 1.807) is 13.3 Å².